The number of Topliss-reactive ketones (excluding diaryl/α,β-unsaturated/α-hetero) is 1. The predicted molar refractivity (Wildman–Crippen MR) is 72.2 cm³/mol. The first-order chi connectivity index (χ1) is 9.93. The van der Waals surface area contributed by atoms with Gasteiger partial charge in [0.1, 0.15) is 24.3 Å². The minimum atomic E-state index is -0.843. The molecular formula is C16H20O5. The SMILES string of the molecule is C=C1C(=O)O[C@@H]2[C@H]1CC[C@H](C)[C@]13OCO[C@H]1CC(=O)[C@@]23C. The van der Waals surface area contributed by atoms with E-state index in [9.17, 15) is 9.59 Å². The highest BCUT2D eigenvalue weighted by molar-refractivity contribution is 5.95. The van der Waals surface area contributed by atoms with Gasteiger partial charge in [-0.2, -0.15) is 0 Å². The summed E-state index contributed by atoms with van der Waals surface area (Å²) >= 11 is 0. The van der Waals surface area contributed by atoms with Crippen molar-refractivity contribution >= 4 is 11.8 Å². The van der Waals surface area contributed by atoms with Gasteiger partial charge in [-0.25, -0.2) is 4.79 Å². The highest BCUT2D eigenvalue weighted by Crippen LogP contribution is 2.62. The van der Waals surface area contributed by atoms with E-state index in [0.29, 0.717) is 12.0 Å². The first-order valence-electron chi connectivity index (χ1n) is 7.61. The van der Waals surface area contributed by atoms with Gasteiger partial charge in [-0.1, -0.05) is 13.5 Å². The average molecular weight is 292 g/mol. The van der Waals surface area contributed by atoms with Gasteiger partial charge in [0, 0.05) is 17.9 Å². The first kappa shape index (κ1) is 13.5. The van der Waals surface area contributed by atoms with Crippen LogP contribution >= 0.6 is 0 Å². The van der Waals surface area contributed by atoms with Gasteiger partial charge in [0.2, 0.25) is 0 Å². The third kappa shape index (κ3) is 1.30. The van der Waals surface area contributed by atoms with E-state index in [1.165, 1.54) is 0 Å². The lowest BCUT2D eigenvalue weighted by Gasteiger charge is -2.45. The molecule has 0 aromatic rings. The van der Waals surface area contributed by atoms with E-state index in [2.05, 4.69) is 13.5 Å². The molecule has 0 aromatic carbocycles. The van der Waals surface area contributed by atoms with Crippen molar-refractivity contribution in [3.63, 3.8) is 0 Å². The standard InChI is InChI=1S/C16H20O5/c1-8-4-5-10-9(2)14(18)21-13(10)15(3)11(17)6-12-16(8,15)20-7-19-12/h8,10,12-13H,2,4-7H2,1,3H3/t8-,10-,12-,13+,15-,16-/m0/s1. The van der Waals surface area contributed by atoms with Gasteiger partial charge in [0.05, 0.1) is 11.5 Å². The van der Waals surface area contributed by atoms with Gasteiger partial charge >= 0.3 is 5.97 Å². The minimum Gasteiger partial charge on any atom is -0.457 e. The third-order valence-electron chi connectivity index (χ3n) is 6.33. The zero-order chi connectivity index (χ0) is 15.0. The number of rotatable bonds is 0. The van der Waals surface area contributed by atoms with Crippen LogP contribution in [-0.2, 0) is 23.8 Å². The molecule has 2 saturated heterocycles. The highest BCUT2D eigenvalue weighted by atomic mass is 16.7. The van der Waals surface area contributed by atoms with Crippen LogP contribution in [0, 0.1) is 17.3 Å². The predicted octanol–water partition coefficient (Wildman–Crippen LogP) is 1.60. The largest absolute Gasteiger partial charge is 0.457 e. The molecule has 21 heavy (non-hydrogen) atoms. The van der Waals surface area contributed by atoms with Crippen molar-refractivity contribution in [3.05, 3.63) is 12.2 Å². The van der Waals surface area contributed by atoms with Gasteiger partial charge in [-0.3, -0.25) is 4.79 Å². The van der Waals surface area contributed by atoms with Gasteiger partial charge in [0.25, 0.3) is 0 Å². The molecule has 114 valence electrons. The fourth-order valence-electron chi connectivity index (χ4n) is 5.17. The molecule has 2 saturated carbocycles. The first-order valence-corrected chi connectivity index (χ1v) is 7.61. The average Bonchev–Trinajstić information content (AvgIpc) is 3.02. The van der Waals surface area contributed by atoms with E-state index in [0.717, 1.165) is 12.8 Å². The maximum Gasteiger partial charge on any atom is 0.334 e. The summed E-state index contributed by atoms with van der Waals surface area (Å²) in [6.45, 7) is 8.11. The van der Waals surface area contributed by atoms with E-state index in [1.54, 1.807) is 0 Å². The summed E-state index contributed by atoms with van der Waals surface area (Å²) < 4.78 is 17.3. The van der Waals surface area contributed by atoms with Crippen LogP contribution in [-0.4, -0.2) is 36.4 Å². The Morgan fingerprint density at radius 3 is 2.81 bits per heavy atom. The molecule has 2 aliphatic carbocycles. The van der Waals surface area contributed by atoms with Crippen molar-refractivity contribution in [2.45, 2.75) is 50.9 Å². The number of ketones is 1. The van der Waals surface area contributed by atoms with Crippen LogP contribution in [0.3, 0.4) is 0 Å². The van der Waals surface area contributed by atoms with E-state index >= 15 is 0 Å². The van der Waals surface area contributed by atoms with Crippen LogP contribution in [0.2, 0.25) is 0 Å². The van der Waals surface area contributed by atoms with Gasteiger partial charge in [-0.15, -0.1) is 0 Å². The fraction of sp³-hybridized carbons (Fsp3) is 0.750. The van der Waals surface area contributed by atoms with Crippen molar-refractivity contribution in [2.75, 3.05) is 6.79 Å². The molecule has 0 unspecified atom stereocenters. The maximum atomic E-state index is 12.8. The number of carbonyl (C=O) groups excluding carboxylic acids is 2. The Morgan fingerprint density at radius 2 is 2.05 bits per heavy atom. The van der Waals surface area contributed by atoms with Crippen LogP contribution in [0.1, 0.15) is 33.1 Å². The zero-order valence-electron chi connectivity index (χ0n) is 12.4. The second-order valence-corrected chi connectivity index (χ2v) is 6.98. The van der Waals surface area contributed by atoms with E-state index < -0.39 is 17.1 Å². The Kier molecular flexibility index (Phi) is 2.54. The lowest BCUT2D eigenvalue weighted by atomic mass is 9.64. The van der Waals surface area contributed by atoms with Crippen LogP contribution in [0.25, 0.3) is 0 Å². The molecule has 0 radical (unpaired) electrons. The highest BCUT2D eigenvalue weighted by Gasteiger charge is 2.75. The van der Waals surface area contributed by atoms with Crippen molar-refractivity contribution in [1.82, 2.24) is 0 Å². The summed E-state index contributed by atoms with van der Waals surface area (Å²) in [4.78, 5) is 24.8. The normalized spacial score (nSPS) is 52.2. The molecule has 5 nitrogen and oxygen atoms in total. The summed E-state index contributed by atoms with van der Waals surface area (Å²) in [5.74, 6) is -0.195. The Balaban J connectivity index is 1.90. The summed E-state index contributed by atoms with van der Waals surface area (Å²) in [5.41, 5.74) is -1.02. The molecule has 4 rings (SSSR count). The maximum absolute atomic E-state index is 12.8. The Bertz CT molecular complexity index is 555. The van der Waals surface area contributed by atoms with Crippen LogP contribution in [0.5, 0.6) is 0 Å². The zero-order valence-corrected chi connectivity index (χ0v) is 12.4. The van der Waals surface area contributed by atoms with E-state index in [4.69, 9.17) is 14.2 Å². The monoisotopic (exact) mass is 292 g/mol. The number of hydrogen-bond acceptors (Lipinski definition) is 5. The van der Waals surface area contributed by atoms with Crippen LogP contribution < -0.4 is 0 Å². The van der Waals surface area contributed by atoms with Gasteiger partial charge < -0.3 is 14.2 Å². The van der Waals surface area contributed by atoms with E-state index in [-0.39, 0.29) is 36.5 Å². The number of carbonyl (C=O) groups is 2. The van der Waals surface area contributed by atoms with Crippen LogP contribution in [0.15, 0.2) is 12.2 Å². The van der Waals surface area contributed by atoms with Crippen molar-refractivity contribution < 1.29 is 23.8 Å². The van der Waals surface area contributed by atoms with E-state index in [1.807, 2.05) is 6.92 Å². The van der Waals surface area contributed by atoms with Gasteiger partial charge in [-0.05, 0) is 25.7 Å². The molecule has 6 atom stereocenters. The summed E-state index contributed by atoms with van der Waals surface area (Å²) in [6, 6.07) is 0. The molecule has 1 spiro atoms. The quantitative estimate of drug-likeness (QED) is 0.501. The Labute approximate surface area is 123 Å². The topological polar surface area (TPSA) is 61.8 Å². The molecule has 0 bridgehead atoms. The fourth-order valence-corrected chi connectivity index (χ4v) is 5.17. The lowest BCUT2D eigenvalue weighted by molar-refractivity contribution is -0.176. The molecule has 2 heterocycles. The second kappa shape index (κ2) is 3.96. The Hall–Kier alpha value is -1.20. The number of ether oxygens (including phenoxy) is 3. The van der Waals surface area contributed by atoms with Crippen molar-refractivity contribution in [2.24, 2.45) is 17.3 Å². The minimum absolute atomic E-state index is 0.0819. The summed E-state index contributed by atoms with van der Waals surface area (Å²) in [5, 5.41) is 0. The molecule has 4 fully saturated rings. The summed E-state index contributed by atoms with van der Waals surface area (Å²) in [6.07, 6.45) is 1.32. The smallest absolute Gasteiger partial charge is 0.334 e. The molecule has 0 amide bonds. The van der Waals surface area contributed by atoms with Crippen molar-refractivity contribution in [1.29, 1.82) is 0 Å². The van der Waals surface area contributed by atoms with Crippen molar-refractivity contribution in [3.8, 4) is 0 Å². The number of hydrogen-bond donors (Lipinski definition) is 0. The second-order valence-electron chi connectivity index (χ2n) is 6.98. The molecule has 5 heteroatoms. The third-order valence-corrected chi connectivity index (χ3v) is 6.33. The Morgan fingerprint density at radius 1 is 1.29 bits per heavy atom. The number of fused-ring (bicyclic) bond motifs is 2. The number of esters is 1. The van der Waals surface area contributed by atoms with Gasteiger partial charge in [0.15, 0.2) is 0 Å². The molecular weight excluding hydrogens is 272 g/mol. The lowest BCUT2D eigenvalue weighted by Crippen LogP contribution is -2.59. The molecule has 0 N–H and O–H groups in total. The molecule has 0 aromatic heterocycles. The van der Waals surface area contributed by atoms with Crippen LogP contribution in [0.4, 0.5) is 0 Å². The molecule has 4 aliphatic rings. The molecule has 2 aliphatic heterocycles. The summed E-state index contributed by atoms with van der Waals surface area (Å²) in [7, 11) is 0.